The van der Waals surface area contributed by atoms with E-state index in [0.717, 1.165) is 10.6 Å². The highest BCUT2D eigenvalue weighted by molar-refractivity contribution is 6.30. The number of rotatable bonds is 4. The summed E-state index contributed by atoms with van der Waals surface area (Å²) in [6.45, 7) is 1.95. The van der Waals surface area contributed by atoms with Crippen LogP contribution in [-0.2, 0) is 4.84 Å². The predicted octanol–water partition coefficient (Wildman–Crippen LogP) is 2.22. The van der Waals surface area contributed by atoms with E-state index in [9.17, 15) is 0 Å². The van der Waals surface area contributed by atoms with E-state index >= 15 is 0 Å². The Labute approximate surface area is 95.7 Å². The molecule has 1 rings (SSSR count). The largest absolute Gasteiger partial charge is 0.326 e. The second-order valence-electron chi connectivity index (χ2n) is 3.58. The molecule has 3 nitrogen and oxygen atoms in total. The number of likely N-dealkylation sites (N-methyl/N-ethyl adjacent to an activating group) is 1. The fraction of sp³-hybridized carbons (Fsp3) is 0.455. The van der Waals surface area contributed by atoms with Gasteiger partial charge in [0.2, 0.25) is 0 Å². The van der Waals surface area contributed by atoms with Crippen molar-refractivity contribution < 1.29 is 4.84 Å². The molecule has 0 aliphatic carbocycles. The number of hydrogen-bond donors (Lipinski definition) is 1. The van der Waals surface area contributed by atoms with Crippen molar-refractivity contribution in [3.05, 3.63) is 34.9 Å². The number of hydrogen-bond acceptors (Lipinski definition) is 3. The first-order valence-electron chi connectivity index (χ1n) is 4.84. The topological polar surface area (TPSA) is 38.5 Å². The highest BCUT2D eigenvalue weighted by atomic mass is 35.5. The predicted molar refractivity (Wildman–Crippen MR) is 62.6 cm³/mol. The van der Waals surface area contributed by atoms with Crippen LogP contribution in [0.4, 0.5) is 0 Å². The van der Waals surface area contributed by atoms with Crippen LogP contribution < -0.4 is 5.73 Å². The van der Waals surface area contributed by atoms with Crippen molar-refractivity contribution in [1.82, 2.24) is 5.06 Å². The van der Waals surface area contributed by atoms with Gasteiger partial charge in [-0.05, 0) is 24.6 Å². The summed E-state index contributed by atoms with van der Waals surface area (Å²) in [7, 11) is 3.49. The molecule has 4 heteroatoms. The summed E-state index contributed by atoms with van der Waals surface area (Å²) in [5.74, 6) is 0. The van der Waals surface area contributed by atoms with Crippen LogP contribution in [-0.4, -0.2) is 25.3 Å². The van der Waals surface area contributed by atoms with E-state index in [2.05, 4.69) is 0 Å². The molecule has 2 atom stereocenters. The molecule has 84 valence electrons. The minimum Gasteiger partial charge on any atom is -0.326 e. The molecule has 2 N–H and O–H groups in total. The second-order valence-corrected chi connectivity index (χ2v) is 4.02. The van der Waals surface area contributed by atoms with E-state index in [0.29, 0.717) is 0 Å². The summed E-state index contributed by atoms with van der Waals surface area (Å²) in [5.41, 5.74) is 7.02. The first-order valence-corrected chi connectivity index (χ1v) is 5.22. The number of hydroxylamine groups is 2. The zero-order valence-electron chi connectivity index (χ0n) is 9.27. The Balaban J connectivity index is 2.94. The number of nitrogens with zero attached hydrogens (tertiary/aromatic N) is 1. The van der Waals surface area contributed by atoms with Gasteiger partial charge in [0, 0.05) is 18.1 Å². The van der Waals surface area contributed by atoms with Gasteiger partial charge in [-0.15, -0.1) is 0 Å². The molecule has 0 aromatic heterocycles. The molecule has 15 heavy (non-hydrogen) atoms. The molecule has 0 amide bonds. The molecule has 0 aliphatic rings. The Kier molecular flexibility index (Phi) is 4.54. The maximum absolute atomic E-state index is 5.93. The van der Waals surface area contributed by atoms with Crippen LogP contribution in [0.15, 0.2) is 24.3 Å². The van der Waals surface area contributed by atoms with Crippen LogP contribution in [0.1, 0.15) is 18.5 Å². The number of nitrogens with two attached hydrogens (primary N) is 1. The Morgan fingerprint density at radius 2 is 1.87 bits per heavy atom. The van der Waals surface area contributed by atoms with Crippen molar-refractivity contribution in [2.45, 2.75) is 19.0 Å². The normalized spacial score (nSPS) is 15.3. The van der Waals surface area contributed by atoms with E-state index in [4.69, 9.17) is 22.2 Å². The second kappa shape index (κ2) is 5.47. The van der Waals surface area contributed by atoms with Gasteiger partial charge in [-0.3, -0.25) is 0 Å². The fourth-order valence-electron chi connectivity index (χ4n) is 1.62. The molecular formula is C11H17ClN2O. The summed E-state index contributed by atoms with van der Waals surface area (Å²) in [5, 5.41) is 2.47. The number of benzene rings is 1. The molecule has 0 fully saturated rings. The molecule has 1 aromatic carbocycles. The summed E-state index contributed by atoms with van der Waals surface area (Å²) < 4.78 is 0. The molecule has 0 spiro atoms. The van der Waals surface area contributed by atoms with Crippen molar-refractivity contribution in [3.63, 3.8) is 0 Å². The Morgan fingerprint density at radius 1 is 1.33 bits per heavy atom. The van der Waals surface area contributed by atoms with Gasteiger partial charge in [0.15, 0.2) is 0 Å². The van der Waals surface area contributed by atoms with E-state index in [-0.39, 0.29) is 12.1 Å². The highest BCUT2D eigenvalue weighted by Crippen LogP contribution is 2.23. The van der Waals surface area contributed by atoms with E-state index in [1.165, 1.54) is 0 Å². The average molecular weight is 229 g/mol. The van der Waals surface area contributed by atoms with Gasteiger partial charge in [0.1, 0.15) is 0 Å². The smallest absolute Gasteiger partial charge is 0.0747 e. The van der Waals surface area contributed by atoms with Gasteiger partial charge in [-0.1, -0.05) is 23.7 Å². The minimum absolute atomic E-state index is 0.0175. The fourth-order valence-corrected chi connectivity index (χ4v) is 1.74. The van der Waals surface area contributed by atoms with Crippen LogP contribution in [0.25, 0.3) is 0 Å². The van der Waals surface area contributed by atoms with Gasteiger partial charge in [0.25, 0.3) is 0 Å². The third-order valence-electron chi connectivity index (χ3n) is 2.39. The van der Waals surface area contributed by atoms with E-state index in [1.807, 2.05) is 38.2 Å². The van der Waals surface area contributed by atoms with Gasteiger partial charge in [-0.2, -0.15) is 5.06 Å². The van der Waals surface area contributed by atoms with Crippen LogP contribution >= 0.6 is 11.6 Å². The summed E-state index contributed by atoms with van der Waals surface area (Å²) >= 11 is 5.83. The monoisotopic (exact) mass is 228 g/mol. The van der Waals surface area contributed by atoms with Crippen LogP contribution in [0.3, 0.4) is 0 Å². The molecular weight excluding hydrogens is 212 g/mol. The Bertz CT molecular complexity index is 300. The summed E-state index contributed by atoms with van der Waals surface area (Å²) in [4.78, 5) is 5.18. The molecule has 1 aromatic rings. The Hall–Kier alpha value is -0.610. The van der Waals surface area contributed by atoms with E-state index < -0.39 is 0 Å². The lowest BCUT2D eigenvalue weighted by molar-refractivity contribution is -0.146. The Morgan fingerprint density at radius 3 is 2.27 bits per heavy atom. The van der Waals surface area contributed by atoms with Gasteiger partial charge >= 0.3 is 0 Å². The SMILES string of the molecule is CON(C)C(c1ccc(Cl)cc1)C(C)N. The van der Waals surface area contributed by atoms with Crippen molar-refractivity contribution >= 4 is 11.6 Å². The first kappa shape index (κ1) is 12.5. The van der Waals surface area contributed by atoms with E-state index in [1.54, 1.807) is 12.2 Å². The van der Waals surface area contributed by atoms with Crippen molar-refractivity contribution in [2.75, 3.05) is 14.2 Å². The van der Waals surface area contributed by atoms with Crippen LogP contribution in [0, 0.1) is 0 Å². The molecule has 0 heterocycles. The molecule has 0 saturated carbocycles. The average Bonchev–Trinajstić information content (AvgIpc) is 2.20. The summed E-state index contributed by atoms with van der Waals surface area (Å²) in [6.07, 6.45) is 0. The maximum atomic E-state index is 5.93. The van der Waals surface area contributed by atoms with Crippen molar-refractivity contribution in [3.8, 4) is 0 Å². The van der Waals surface area contributed by atoms with Gasteiger partial charge < -0.3 is 10.6 Å². The van der Waals surface area contributed by atoms with Gasteiger partial charge in [-0.25, -0.2) is 0 Å². The standard InChI is InChI=1S/C11H17ClN2O/c1-8(13)11(14(2)15-3)9-4-6-10(12)7-5-9/h4-8,11H,13H2,1-3H3. The van der Waals surface area contributed by atoms with Crippen molar-refractivity contribution in [1.29, 1.82) is 0 Å². The quantitative estimate of drug-likeness (QED) is 0.804. The molecule has 2 unspecified atom stereocenters. The van der Waals surface area contributed by atoms with Crippen LogP contribution in [0.5, 0.6) is 0 Å². The highest BCUT2D eigenvalue weighted by Gasteiger charge is 2.20. The third kappa shape index (κ3) is 3.18. The summed E-state index contributed by atoms with van der Waals surface area (Å²) in [6, 6.07) is 7.66. The zero-order chi connectivity index (χ0) is 11.4. The van der Waals surface area contributed by atoms with Gasteiger partial charge in [0.05, 0.1) is 13.2 Å². The molecule has 0 saturated heterocycles. The first-order chi connectivity index (χ1) is 7.06. The molecule has 0 aliphatic heterocycles. The zero-order valence-corrected chi connectivity index (χ0v) is 10.0. The van der Waals surface area contributed by atoms with Crippen LogP contribution in [0.2, 0.25) is 5.02 Å². The molecule has 0 radical (unpaired) electrons. The lowest BCUT2D eigenvalue weighted by Gasteiger charge is -2.29. The maximum Gasteiger partial charge on any atom is 0.0747 e. The number of halogens is 1. The molecule has 0 bridgehead atoms. The lowest BCUT2D eigenvalue weighted by atomic mass is 10.0. The van der Waals surface area contributed by atoms with Crippen molar-refractivity contribution in [2.24, 2.45) is 5.73 Å². The minimum atomic E-state index is -0.0175. The lowest BCUT2D eigenvalue weighted by Crippen LogP contribution is -2.36. The third-order valence-corrected chi connectivity index (χ3v) is 2.64.